The number of carbonyl (C=O) groups is 1. The van der Waals surface area contributed by atoms with Gasteiger partial charge in [-0.15, -0.1) is 0 Å². The summed E-state index contributed by atoms with van der Waals surface area (Å²) in [7, 11) is 0. The molecule has 0 bridgehead atoms. The number of aromatic nitrogens is 2. The van der Waals surface area contributed by atoms with Gasteiger partial charge in [0.2, 0.25) is 5.91 Å². The van der Waals surface area contributed by atoms with Gasteiger partial charge in [-0.25, -0.2) is 4.79 Å². The van der Waals surface area contributed by atoms with E-state index in [0.717, 1.165) is 39.1 Å². The standard InChI is InChI=1S/C19H26N4O3/c1-3-21(4-2)11-14-9-10-22(12-14)17(24)13-23-16-8-6-5-7-15(16)18(25)20-19(23)26/h5-8,14H,3-4,9-13H2,1-2H3,(H,20,25,26). The maximum atomic E-state index is 12.7. The lowest BCUT2D eigenvalue weighted by atomic mass is 10.1. The Labute approximate surface area is 152 Å². The molecule has 0 spiro atoms. The molecule has 7 nitrogen and oxygen atoms in total. The third-order valence-corrected chi connectivity index (χ3v) is 5.25. The number of para-hydroxylation sites is 1. The zero-order valence-electron chi connectivity index (χ0n) is 15.4. The van der Waals surface area contributed by atoms with E-state index in [1.807, 2.05) is 4.90 Å². The molecule has 0 aliphatic carbocycles. The van der Waals surface area contributed by atoms with Crippen LogP contribution >= 0.6 is 0 Å². The summed E-state index contributed by atoms with van der Waals surface area (Å²) in [5.74, 6) is 0.397. The zero-order valence-corrected chi connectivity index (χ0v) is 15.4. The van der Waals surface area contributed by atoms with Crippen LogP contribution in [0.1, 0.15) is 20.3 Å². The zero-order chi connectivity index (χ0) is 18.7. The van der Waals surface area contributed by atoms with Gasteiger partial charge in [-0.3, -0.25) is 19.1 Å². The topological polar surface area (TPSA) is 78.4 Å². The van der Waals surface area contributed by atoms with Gasteiger partial charge in [0.1, 0.15) is 6.54 Å². The Balaban J connectivity index is 1.75. The highest BCUT2D eigenvalue weighted by Crippen LogP contribution is 2.18. The van der Waals surface area contributed by atoms with Crippen molar-refractivity contribution in [1.82, 2.24) is 19.4 Å². The van der Waals surface area contributed by atoms with Crippen molar-refractivity contribution in [3.63, 3.8) is 0 Å². The summed E-state index contributed by atoms with van der Waals surface area (Å²) < 4.78 is 1.36. The van der Waals surface area contributed by atoms with Crippen LogP contribution in [0.25, 0.3) is 10.9 Å². The molecule has 1 saturated heterocycles. The molecule has 1 N–H and O–H groups in total. The number of aromatic amines is 1. The van der Waals surface area contributed by atoms with Gasteiger partial charge in [0.05, 0.1) is 10.9 Å². The minimum absolute atomic E-state index is 0.0475. The van der Waals surface area contributed by atoms with Crippen LogP contribution in [0.15, 0.2) is 33.9 Å². The normalized spacial score (nSPS) is 17.3. The molecule has 140 valence electrons. The number of nitrogens with one attached hydrogen (secondary N) is 1. The van der Waals surface area contributed by atoms with E-state index in [4.69, 9.17) is 0 Å². The van der Waals surface area contributed by atoms with Crippen LogP contribution in [-0.2, 0) is 11.3 Å². The van der Waals surface area contributed by atoms with Crippen LogP contribution in [0.5, 0.6) is 0 Å². The summed E-state index contributed by atoms with van der Waals surface area (Å²) in [4.78, 5) is 43.4. The number of hydrogen-bond donors (Lipinski definition) is 1. The fourth-order valence-corrected chi connectivity index (χ4v) is 3.69. The van der Waals surface area contributed by atoms with Gasteiger partial charge in [0.25, 0.3) is 5.56 Å². The minimum atomic E-state index is -0.541. The van der Waals surface area contributed by atoms with Crippen molar-refractivity contribution in [3.8, 4) is 0 Å². The minimum Gasteiger partial charge on any atom is -0.341 e. The summed E-state index contributed by atoms with van der Waals surface area (Å²) in [6, 6.07) is 6.86. The smallest absolute Gasteiger partial charge is 0.329 e. The van der Waals surface area contributed by atoms with Crippen LogP contribution < -0.4 is 11.2 Å². The Morgan fingerprint density at radius 1 is 1.23 bits per heavy atom. The van der Waals surface area contributed by atoms with Gasteiger partial charge in [-0.2, -0.15) is 0 Å². The number of likely N-dealkylation sites (tertiary alicyclic amines) is 1. The molecule has 7 heteroatoms. The predicted molar refractivity (Wildman–Crippen MR) is 101 cm³/mol. The van der Waals surface area contributed by atoms with E-state index in [2.05, 4.69) is 23.7 Å². The van der Waals surface area contributed by atoms with Crippen molar-refractivity contribution in [1.29, 1.82) is 0 Å². The second kappa shape index (κ2) is 7.86. The summed E-state index contributed by atoms with van der Waals surface area (Å²) in [5.41, 5.74) is -0.468. The first-order valence-corrected chi connectivity index (χ1v) is 9.25. The molecule has 3 rings (SSSR count). The van der Waals surface area contributed by atoms with E-state index in [1.165, 1.54) is 4.57 Å². The Bertz CT molecular complexity index is 898. The van der Waals surface area contributed by atoms with Crippen LogP contribution in [0.3, 0.4) is 0 Å². The first-order chi connectivity index (χ1) is 12.5. The molecule has 1 aliphatic rings. The molecule has 2 aromatic rings. The number of benzene rings is 1. The third kappa shape index (κ3) is 3.72. The first-order valence-electron chi connectivity index (χ1n) is 9.25. The molecule has 2 heterocycles. The van der Waals surface area contributed by atoms with Crippen LogP contribution in [0.2, 0.25) is 0 Å². The van der Waals surface area contributed by atoms with Gasteiger partial charge >= 0.3 is 5.69 Å². The molecule has 26 heavy (non-hydrogen) atoms. The second-order valence-electron chi connectivity index (χ2n) is 6.84. The molecular formula is C19H26N4O3. The molecule has 0 radical (unpaired) electrons. The molecule has 1 aromatic heterocycles. The number of nitrogens with zero attached hydrogens (tertiary/aromatic N) is 3. The highest BCUT2D eigenvalue weighted by molar-refractivity contribution is 5.81. The molecule has 1 aromatic carbocycles. The van der Waals surface area contributed by atoms with E-state index >= 15 is 0 Å². The Morgan fingerprint density at radius 2 is 1.96 bits per heavy atom. The number of H-pyrrole nitrogens is 1. The summed E-state index contributed by atoms with van der Waals surface area (Å²) in [6.45, 7) is 8.72. The average molecular weight is 358 g/mol. The molecule has 1 amide bonds. The first kappa shape index (κ1) is 18.4. The van der Waals surface area contributed by atoms with Gasteiger partial charge in [0.15, 0.2) is 0 Å². The summed E-state index contributed by atoms with van der Waals surface area (Å²) in [6.07, 6.45) is 0.990. The lowest BCUT2D eigenvalue weighted by molar-refractivity contribution is -0.130. The van der Waals surface area contributed by atoms with Crippen molar-refractivity contribution in [3.05, 3.63) is 45.1 Å². The second-order valence-corrected chi connectivity index (χ2v) is 6.84. The number of rotatable bonds is 6. The van der Waals surface area contributed by atoms with Crippen LogP contribution in [-0.4, -0.2) is 58.0 Å². The average Bonchev–Trinajstić information content (AvgIpc) is 3.11. The van der Waals surface area contributed by atoms with Gasteiger partial charge in [-0.1, -0.05) is 26.0 Å². The quantitative estimate of drug-likeness (QED) is 0.831. The van der Waals surface area contributed by atoms with Crippen molar-refractivity contribution in [2.45, 2.75) is 26.8 Å². The summed E-state index contributed by atoms with van der Waals surface area (Å²) in [5, 5.41) is 0.417. The van der Waals surface area contributed by atoms with E-state index < -0.39 is 11.2 Å². The molecule has 1 aliphatic heterocycles. The van der Waals surface area contributed by atoms with E-state index in [-0.39, 0.29) is 12.5 Å². The van der Waals surface area contributed by atoms with Crippen molar-refractivity contribution >= 4 is 16.8 Å². The van der Waals surface area contributed by atoms with Gasteiger partial charge < -0.3 is 9.80 Å². The molecule has 0 saturated carbocycles. The Hall–Kier alpha value is -2.41. The number of fused-ring (bicyclic) bond motifs is 1. The number of hydrogen-bond acceptors (Lipinski definition) is 4. The number of carbonyl (C=O) groups excluding carboxylic acids is 1. The largest absolute Gasteiger partial charge is 0.341 e. The number of amides is 1. The SMILES string of the molecule is CCN(CC)CC1CCN(C(=O)Cn2c(=O)[nH]c(=O)c3ccccc32)C1. The monoisotopic (exact) mass is 358 g/mol. The lowest BCUT2D eigenvalue weighted by Crippen LogP contribution is -2.38. The Morgan fingerprint density at radius 3 is 2.69 bits per heavy atom. The van der Waals surface area contributed by atoms with Crippen LogP contribution in [0, 0.1) is 5.92 Å². The van der Waals surface area contributed by atoms with Crippen molar-refractivity contribution in [2.24, 2.45) is 5.92 Å². The molecule has 1 unspecified atom stereocenters. The van der Waals surface area contributed by atoms with E-state index in [0.29, 0.717) is 16.8 Å². The van der Waals surface area contributed by atoms with Crippen molar-refractivity contribution in [2.75, 3.05) is 32.7 Å². The fraction of sp³-hybridized carbons (Fsp3) is 0.526. The van der Waals surface area contributed by atoms with Gasteiger partial charge in [-0.05, 0) is 37.6 Å². The maximum Gasteiger partial charge on any atom is 0.329 e. The lowest BCUT2D eigenvalue weighted by Gasteiger charge is -2.23. The summed E-state index contributed by atoms with van der Waals surface area (Å²) >= 11 is 0. The molecule has 1 atom stereocenters. The van der Waals surface area contributed by atoms with E-state index in [9.17, 15) is 14.4 Å². The van der Waals surface area contributed by atoms with Gasteiger partial charge in [0, 0.05) is 19.6 Å². The predicted octanol–water partition coefficient (Wildman–Crippen LogP) is 0.880. The maximum absolute atomic E-state index is 12.7. The molecule has 1 fully saturated rings. The van der Waals surface area contributed by atoms with Crippen LogP contribution in [0.4, 0.5) is 0 Å². The van der Waals surface area contributed by atoms with E-state index in [1.54, 1.807) is 24.3 Å². The highest BCUT2D eigenvalue weighted by Gasteiger charge is 2.27. The highest BCUT2D eigenvalue weighted by atomic mass is 16.2. The third-order valence-electron chi connectivity index (χ3n) is 5.25. The van der Waals surface area contributed by atoms with Crippen molar-refractivity contribution < 1.29 is 4.79 Å². The fourth-order valence-electron chi connectivity index (χ4n) is 3.69. The Kier molecular flexibility index (Phi) is 5.56. The molecular weight excluding hydrogens is 332 g/mol.